The summed E-state index contributed by atoms with van der Waals surface area (Å²) in [6, 6.07) is 5.04. The Morgan fingerprint density at radius 2 is 2.08 bits per heavy atom. The van der Waals surface area contributed by atoms with Crippen LogP contribution in [-0.4, -0.2) is 22.2 Å². The zero-order chi connectivity index (χ0) is 9.42. The molecule has 66 valence electrons. The highest BCUT2D eigenvalue weighted by atomic mass is 35.5. The molecule has 0 atom stereocenters. The summed E-state index contributed by atoms with van der Waals surface area (Å²) in [4.78, 5) is 2.95. The number of halogens is 1. The quantitative estimate of drug-likeness (QED) is 0.581. The monoisotopic (exact) mass is 195 g/mol. The Labute approximate surface area is 80.1 Å². The molecule has 0 bridgehead atoms. The smallest absolute Gasteiger partial charge is 0.423 e. The summed E-state index contributed by atoms with van der Waals surface area (Å²) >= 11 is 5.91. The van der Waals surface area contributed by atoms with E-state index in [4.69, 9.17) is 21.6 Å². The summed E-state index contributed by atoms with van der Waals surface area (Å²) in [6.45, 7) is 0. The van der Waals surface area contributed by atoms with Crippen LogP contribution in [0.4, 0.5) is 0 Å². The molecule has 5 heteroatoms. The summed E-state index contributed by atoms with van der Waals surface area (Å²) < 4.78 is 0. The summed E-state index contributed by atoms with van der Waals surface area (Å²) in [5.74, 6) is 0. The molecule has 0 aliphatic rings. The number of aromatic nitrogens is 1. The van der Waals surface area contributed by atoms with E-state index in [1.807, 2.05) is 6.07 Å². The topological polar surface area (TPSA) is 56.2 Å². The van der Waals surface area contributed by atoms with Crippen LogP contribution in [0.2, 0.25) is 5.02 Å². The van der Waals surface area contributed by atoms with E-state index in [1.54, 1.807) is 18.3 Å². The van der Waals surface area contributed by atoms with Gasteiger partial charge in [-0.25, -0.2) is 0 Å². The van der Waals surface area contributed by atoms with Crippen LogP contribution in [-0.2, 0) is 0 Å². The summed E-state index contributed by atoms with van der Waals surface area (Å²) in [5.41, 5.74) is 1.19. The van der Waals surface area contributed by atoms with Crippen LogP contribution in [0.1, 0.15) is 0 Å². The summed E-state index contributed by atoms with van der Waals surface area (Å²) in [5, 5.41) is 19.3. The zero-order valence-corrected chi connectivity index (χ0v) is 7.42. The number of benzene rings is 1. The molecule has 1 heterocycles. The molecule has 0 radical (unpaired) electrons. The van der Waals surface area contributed by atoms with Crippen molar-refractivity contribution in [2.75, 3.05) is 0 Å². The van der Waals surface area contributed by atoms with Crippen molar-refractivity contribution in [1.29, 1.82) is 0 Å². The second kappa shape index (κ2) is 3.07. The SMILES string of the molecule is OB(O)c1cc(Cl)c2cc[nH]c2c1. The molecule has 0 aliphatic heterocycles. The highest BCUT2D eigenvalue weighted by Gasteiger charge is 2.13. The molecule has 1 aromatic carbocycles. The number of hydrogen-bond acceptors (Lipinski definition) is 2. The Balaban J connectivity index is 2.70. The van der Waals surface area contributed by atoms with Gasteiger partial charge in [0, 0.05) is 22.1 Å². The van der Waals surface area contributed by atoms with E-state index in [1.165, 1.54) is 0 Å². The standard InChI is InChI=1S/C8H7BClNO2/c10-7-3-5(9(12)13)4-8-6(7)1-2-11-8/h1-4,11-13H. The molecule has 0 fully saturated rings. The van der Waals surface area contributed by atoms with Gasteiger partial charge < -0.3 is 15.0 Å². The number of nitrogens with one attached hydrogen (secondary N) is 1. The van der Waals surface area contributed by atoms with Gasteiger partial charge in [0.25, 0.3) is 0 Å². The molecular formula is C8H7BClNO2. The number of hydrogen-bond donors (Lipinski definition) is 3. The van der Waals surface area contributed by atoms with Crippen LogP contribution in [0, 0.1) is 0 Å². The lowest BCUT2D eigenvalue weighted by Gasteiger charge is -2.01. The van der Waals surface area contributed by atoms with Crippen LogP contribution in [0.15, 0.2) is 24.4 Å². The number of fused-ring (bicyclic) bond motifs is 1. The third kappa shape index (κ3) is 1.44. The first kappa shape index (κ1) is 8.63. The van der Waals surface area contributed by atoms with Gasteiger partial charge in [-0.1, -0.05) is 11.6 Å². The van der Waals surface area contributed by atoms with E-state index in [-0.39, 0.29) is 0 Å². The lowest BCUT2D eigenvalue weighted by atomic mass is 9.80. The normalized spacial score (nSPS) is 10.7. The summed E-state index contributed by atoms with van der Waals surface area (Å²) in [7, 11) is -1.48. The minimum absolute atomic E-state index is 0.389. The van der Waals surface area contributed by atoms with E-state index < -0.39 is 7.12 Å². The highest BCUT2D eigenvalue weighted by molar-refractivity contribution is 6.59. The Kier molecular flexibility index (Phi) is 2.03. The molecular weight excluding hydrogens is 188 g/mol. The van der Waals surface area contributed by atoms with Gasteiger partial charge in [-0.15, -0.1) is 0 Å². The van der Waals surface area contributed by atoms with Gasteiger partial charge in [0.1, 0.15) is 0 Å². The lowest BCUT2D eigenvalue weighted by molar-refractivity contribution is 0.426. The van der Waals surface area contributed by atoms with E-state index >= 15 is 0 Å². The second-order valence-electron chi connectivity index (χ2n) is 2.82. The van der Waals surface area contributed by atoms with Gasteiger partial charge in [0.05, 0.1) is 0 Å². The number of H-pyrrole nitrogens is 1. The maximum atomic E-state index is 8.93. The van der Waals surface area contributed by atoms with Crippen molar-refractivity contribution < 1.29 is 10.0 Å². The van der Waals surface area contributed by atoms with Crippen LogP contribution in [0.5, 0.6) is 0 Å². The van der Waals surface area contributed by atoms with Crippen LogP contribution in [0.3, 0.4) is 0 Å². The molecule has 0 amide bonds. The molecule has 13 heavy (non-hydrogen) atoms. The van der Waals surface area contributed by atoms with Crippen molar-refractivity contribution in [3.8, 4) is 0 Å². The van der Waals surface area contributed by atoms with Crippen molar-refractivity contribution in [2.24, 2.45) is 0 Å². The van der Waals surface area contributed by atoms with Gasteiger partial charge in [-0.3, -0.25) is 0 Å². The number of aromatic amines is 1. The van der Waals surface area contributed by atoms with Crippen molar-refractivity contribution in [2.45, 2.75) is 0 Å². The molecule has 0 spiro atoms. The Morgan fingerprint density at radius 3 is 2.77 bits per heavy atom. The second-order valence-corrected chi connectivity index (χ2v) is 3.22. The first-order chi connectivity index (χ1) is 6.18. The fraction of sp³-hybridized carbons (Fsp3) is 0. The first-order valence-electron chi connectivity index (χ1n) is 3.81. The van der Waals surface area contributed by atoms with Crippen LogP contribution in [0.25, 0.3) is 10.9 Å². The third-order valence-electron chi connectivity index (χ3n) is 1.94. The fourth-order valence-corrected chi connectivity index (χ4v) is 1.58. The molecule has 0 saturated heterocycles. The highest BCUT2D eigenvalue weighted by Crippen LogP contribution is 2.20. The van der Waals surface area contributed by atoms with Gasteiger partial charge in [-0.2, -0.15) is 0 Å². The van der Waals surface area contributed by atoms with Crippen molar-refractivity contribution >= 4 is 35.1 Å². The Hall–Kier alpha value is -0.965. The average molecular weight is 195 g/mol. The van der Waals surface area contributed by atoms with Gasteiger partial charge in [-0.05, 0) is 23.7 Å². The average Bonchev–Trinajstić information content (AvgIpc) is 2.51. The molecule has 2 aromatic rings. The minimum Gasteiger partial charge on any atom is -0.423 e. The Morgan fingerprint density at radius 1 is 1.31 bits per heavy atom. The van der Waals surface area contributed by atoms with E-state index in [0.29, 0.717) is 10.5 Å². The van der Waals surface area contributed by atoms with E-state index in [2.05, 4.69) is 4.98 Å². The summed E-state index contributed by atoms with van der Waals surface area (Å²) in [6.07, 6.45) is 1.75. The van der Waals surface area contributed by atoms with Crippen LogP contribution >= 0.6 is 11.6 Å². The maximum Gasteiger partial charge on any atom is 0.488 e. The maximum absolute atomic E-state index is 8.93. The Bertz CT molecular complexity index is 441. The third-order valence-corrected chi connectivity index (χ3v) is 2.25. The predicted molar refractivity (Wildman–Crippen MR) is 53.1 cm³/mol. The van der Waals surface area contributed by atoms with Crippen molar-refractivity contribution in [3.05, 3.63) is 29.4 Å². The zero-order valence-electron chi connectivity index (χ0n) is 6.66. The minimum atomic E-state index is -1.48. The molecule has 0 aliphatic carbocycles. The predicted octanol–water partition coefficient (Wildman–Crippen LogP) is 0.501. The molecule has 2 rings (SSSR count). The fourth-order valence-electron chi connectivity index (χ4n) is 1.29. The molecule has 0 saturated carbocycles. The van der Waals surface area contributed by atoms with E-state index in [9.17, 15) is 0 Å². The van der Waals surface area contributed by atoms with Crippen molar-refractivity contribution in [3.63, 3.8) is 0 Å². The van der Waals surface area contributed by atoms with Gasteiger partial charge in [0.15, 0.2) is 0 Å². The van der Waals surface area contributed by atoms with Gasteiger partial charge in [0.2, 0.25) is 0 Å². The molecule has 3 N–H and O–H groups in total. The first-order valence-corrected chi connectivity index (χ1v) is 4.19. The molecule has 1 aromatic heterocycles. The molecule has 0 unspecified atom stereocenters. The lowest BCUT2D eigenvalue weighted by Crippen LogP contribution is -2.29. The largest absolute Gasteiger partial charge is 0.488 e. The number of rotatable bonds is 1. The van der Waals surface area contributed by atoms with Crippen molar-refractivity contribution in [1.82, 2.24) is 4.98 Å². The van der Waals surface area contributed by atoms with Gasteiger partial charge >= 0.3 is 7.12 Å². The van der Waals surface area contributed by atoms with E-state index in [0.717, 1.165) is 10.9 Å². The molecule has 3 nitrogen and oxygen atoms in total. The van der Waals surface area contributed by atoms with Crippen LogP contribution < -0.4 is 5.46 Å².